The molecule has 1 rings (SSSR count). The van der Waals surface area contributed by atoms with Crippen molar-refractivity contribution in [1.29, 1.82) is 0 Å². The summed E-state index contributed by atoms with van der Waals surface area (Å²) in [5.74, 6) is 1.74. The lowest BCUT2D eigenvalue weighted by Crippen LogP contribution is -2.41. The van der Waals surface area contributed by atoms with Gasteiger partial charge in [-0.2, -0.15) is 0 Å². The molecule has 4 atom stereocenters. The minimum atomic E-state index is 0.671. The Hall–Kier alpha value is -0.0800. The van der Waals surface area contributed by atoms with E-state index in [4.69, 9.17) is 0 Å². The maximum absolute atomic E-state index is 3.65. The van der Waals surface area contributed by atoms with Crippen LogP contribution in [0.1, 0.15) is 47.5 Å². The predicted octanol–water partition coefficient (Wildman–Crippen LogP) is 2.74. The minimum absolute atomic E-state index is 0.671. The van der Waals surface area contributed by atoms with E-state index in [0.717, 1.165) is 18.4 Å². The molecule has 0 saturated carbocycles. The second-order valence-electron chi connectivity index (χ2n) is 5.86. The summed E-state index contributed by atoms with van der Waals surface area (Å²) in [4.78, 5) is 2.64. The highest BCUT2D eigenvalue weighted by Gasteiger charge is 2.28. The number of nitrogens with one attached hydrogen (secondary N) is 1. The van der Waals surface area contributed by atoms with E-state index in [2.05, 4.69) is 44.8 Å². The molecule has 2 heteroatoms. The van der Waals surface area contributed by atoms with Gasteiger partial charge in [0.25, 0.3) is 0 Å². The van der Waals surface area contributed by atoms with Crippen LogP contribution in [0.3, 0.4) is 0 Å². The first-order valence-corrected chi connectivity index (χ1v) is 7.02. The number of nitrogens with zero attached hydrogens (tertiary/aromatic N) is 1. The third-order valence-electron chi connectivity index (χ3n) is 4.12. The van der Waals surface area contributed by atoms with Crippen molar-refractivity contribution in [3.8, 4) is 0 Å². The van der Waals surface area contributed by atoms with Crippen LogP contribution in [0.25, 0.3) is 0 Å². The molecule has 1 N–H and O–H groups in total. The van der Waals surface area contributed by atoms with E-state index in [1.807, 2.05) is 0 Å². The van der Waals surface area contributed by atoms with Crippen molar-refractivity contribution in [2.45, 2.75) is 59.5 Å². The molecule has 0 spiro atoms. The summed E-state index contributed by atoms with van der Waals surface area (Å²) in [5, 5.41) is 3.65. The number of rotatable bonds is 6. The van der Waals surface area contributed by atoms with E-state index in [-0.39, 0.29) is 0 Å². The van der Waals surface area contributed by atoms with Crippen LogP contribution in [0.5, 0.6) is 0 Å². The Labute approximate surface area is 102 Å². The second kappa shape index (κ2) is 6.61. The van der Waals surface area contributed by atoms with Crippen molar-refractivity contribution < 1.29 is 0 Å². The summed E-state index contributed by atoms with van der Waals surface area (Å²) in [6.45, 7) is 15.4. The average molecular weight is 226 g/mol. The Kier molecular flexibility index (Phi) is 5.77. The molecule has 1 fully saturated rings. The lowest BCUT2D eigenvalue weighted by Gasteiger charge is -2.26. The minimum Gasteiger partial charge on any atom is -0.313 e. The molecule has 0 radical (unpaired) electrons. The first kappa shape index (κ1) is 14.0. The van der Waals surface area contributed by atoms with Gasteiger partial charge in [0.2, 0.25) is 0 Å². The number of hydrogen-bond acceptors (Lipinski definition) is 2. The van der Waals surface area contributed by atoms with Crippen molar-refractivity contribution in [2.24, 2.45) is 11.8 Å². The van der Waals surface area contributed by atoms with Crippen molar-refractivity contribution in [1.82, 2.24) is 10.2 Å². The zero-order valence-electron chi connectivity index (χ0n) is 11.8. The van der Waals surface area contributed by atoms with Crippen LogP contribution in [0.4, 0.5) is 0 Å². The first-order valence-electron chi connectivity index (χ1n) is 7.02. The Morgan fingerprint density at radius 2 is 1.75 bits per heavy atom. The van der Waals surface area contributed by atoms with Crippen molar-refractivity contribution in [3.63, 3.8) is 0 Å². The van der Waals surface area contributed by atoms with Crippen molar-refractivity contribution in [3.05, 3.63) is 0 Å². The highest BCUT2D eigenvalue weighted by atomic mass is 15.2. The predicted molar refractivity (Wildman–Crippen MR) is 71.7 cm³/mol. The monoisotopic (exact) mass is 226 g/mol. The third kappa shape index (κ3) is 4.06. The number of hydrogen-bond donors (Lipinski definition) is 1. The highest BCUT2D eigenvalue weighted by molar-refractivity contribution is 4.83. The van der Waals surface area contributed by atoms with Crippen LogP contribution in [0, 0.1) is 11.8 Å². The molecular weight excluding hydrogens is 196 g/mol. The summed E-state index contributed by atoms with van der Waals surface area (Å²) in [6.07, 6.45) is 2.57. The average Bonchev–Trinajstić information content (AvgIpc) is 2.56. The SMILES string of the molecule is CCCC(C)NCC(C)N1CC(C)C(C)C1. The molecule has 0 aromatic rings. The van der Waals surface area contributed by atoms with Crippen LogP contribution in [0.15, 0.2) is 0 Å². The third-order valence-corrected chi connectivity index (χ3v) is 4.12. The van der Waals surface area contributed by atoms with E-state index in [0.29, 0.717) is 12.1 Å². The molecule has 0 bridgehead atoms. The second-order valence-corrected chi connectivity index (χ2v) is 5.86. The Morgan fingerprint density at radius 1 is 1.19 bits per heavy atom. The molecule has 1 aliphatic rings. The zero-order chi connectivity index (χ0) is 12.1. The lowest BCUT2D eigenvalue weighted by atomic mass is 10.0. The molecule has 16 heavy (non-hydrogen) atoms. The molecular formula is C14H30N2. The van der Waals surface area contributed by atoms with Crippen LogP contribution >= 0.6 is 0 Å². The Balaban J connectivity index is 2.22. The summed E-state index contributed by atoms with van der Waals surface area (Å²) in [5.41, 5.74) is 0. The van der Waals surface area contributed by atoms with E-state index in [1.165, 1.54) is 25.9 Å². The molecule has 0 amide bonds. The van der Waals surface area contributed by atoms with E-state index in [1.54, 1.807) is 0 Å². The van der Waals surface area contributed by atoms with Crippen LogP contribution in [-0.2, 0) is 0 Å². The summed E-state index contributed by atoms with van der Waals surface area (Å²) >= 11 is 0. The van der Waals surface area contributed by atoms with Gasteiger partial charge in [-0.15, -0.1) is 0 Å². The molecule has 0 aliphatic carbocycles. The lowest BCUT2D eigenvalue weighted by molar-refractivity contribution is 0.235. The summed E-state index contributed by atoms with van der Waals surface area (Å²) in [7, 11) is 0. The maximum atomic E-state index is 3.65. The maximum Gasteiger partial charge on any atom is 0.0192 e. The molecule has 4 unspecified atom stereocenters. The quantitative estimate of drug-likeness (QED) is 0.749. The van der Waals surface area contributed by atoms with Gasteiger partial charge in [-0.05, 0) is 32.1 Å². The number of likely N-dealkylation sites (tertiary alicyclic amines) is 1. The fourth-order valence-electron chi connectivity index (χ4n) is 2.57. The van der Waals surface area contributed by atoms with Crippen molar-refractivity contribution >= 4 is 0 Å². The Bertz CT molecular complexity index is 183. The smallest absolute Gasteiger partial charge is 0.0192 e. The highest BCUT2D eigenvalue weighted by Crippen LogP contribution is 2.23. The van der Waals surface area contributed by atoms with E-state index < -0.39 is 0 Å². The van der Waals surface area contributed by atoms with E-state index >= 15 is 0 Å². The zero-order valence-corrected chi connectivity index (χ0v) is 11.8. The molecule has 1 heterocycles. The van der Waals surface area contributed by atoms with Crippen LogP contribution < -0.4 is 5.32 Å². The van der Waals surface area contributed by atoms with Gasteiger partial charge >= 0.3 is 0 Å². The standard InChI is InChI=1S/C14H30N2/c1-6-7-13(4)15-8-14(5)16-9-11(2)12(3)10-16/h11-15H,6-10H2,1-5H3. The summed E-state index contributed by atoms with van der Waals surface area (Å²) in [6, 6.07) is 1.36. The largest absolute Gasteiger partial charge is 0.313 e. The fourth-order valence-corrected chi connectivity index (χ4v) is 2.57. The molecule has 1 aliphatic heterocycles. The fraction of sp³-hybridized carbons (Fsp3) is 1.00. The molecule has 1 saturated heterocycles. The summed E-state index contributed by atoms with van der Waals surface area (Å²) < 4.78 is 0. The first-order chi connectivity index (χ1) is 7.54. The van der Waals surface area contributed by atoms with Gasteiger partial charge in [0.1, 0.15) is 0 Å². The Morgan fingerprint density at radius 3 is 2.25 bits per heavy atom. The van der Waals surface area contributed by atoms with Gasteiger partial charge in [-0.3, -0.25) is 4.90 Å². The van der Waals surface area contributed by atoms with Gasteiger partial charge in [-0.1, -0.05) is 27.2 Å². The van der Waals surface area contributed by atoms with Crippen LogP contribution in [0.2, 0.25) is 0 Å². The van der Waals surface area contributed by atoms with Gasteiger partial charge in [0.15, 0.2) is 0 Å². The molecule has 0 aromatic heterocycles. The van der Waals surface area contributed by atoms with Gasteiger partial charge < -0.3 is 5.32 Å². The normalized spacial score (nSPS) is 30.6. The van der Waals surface area contributed by atoms with E-state index in [9.17, 15) is 0 Å². The molecule has 96 valence electrons. The topological polar surface area (TPSA) is 15.3 Å². The molecule has 0 aromatic carbocycles. The van der Waals surface area contributed by atoms with Gasteiger partial charge in [-0.25, -0.2) is 0 Å². The van der Waals surface area contributed by atoms with Crippen LogP contribution in [-0.4, -0.2) is 36.6 Å². The van der Waals surface area contributed by atoms with Gasteiger partial charge in [0.05, 0.1) is 0 Å². The molecule has 2 nitrogen and oxygen atoms in total. The van der Waals surface area contributed by atoms with Crippen molar-refractivity contribution in [2.75, 3.05) is 19.6 Å². The van der Waals surface area contributed by atoms with Gasteiger partial charge in [0, 0.05) is 31.7 Å².